The predicted molar refractivity (Wildman–Crippen MR) is 64.0 cm³/mol. The zero-order valence-corrected chi connectivity index (χ0v) is 7.75. The lowest BCUT2D eigenvalue weighted by atomic mass is 10.1. The van der Waals surface area contributed by atoms with E-state index in [-0.39, 0.29) is 13.2 Å². The third-order valence-electron chi connectivity index (χ3n) is 1.99. The molecule has 0 aromatic heterocycles. The van der Waals surface area contributed by atoms with E-state index in [0.29, 0.717) is 10.6 Å². The van der Waals surface area contributed by atoms with Gasteiger partial charge in [-0.05, 0) is 18.2 Å². The second kappa shape index (κ2) is 3.80. The van der Waals surface area contributed by atoms with E-state index in [9.17, 15) is 5.11 Å². The van der Waals surface area contributed by atoms with Crippen LogP contribution < -0.4 is 5.73 Å². The molecule has 0 aliphatic carbocycles. The smallest absolute Gasteiger partial charge is 0.124 e. The SMILES string of the molecule is C.Nc1cccc2c(O)cc(S)cc12. The summed E-state index contributed by atoms with van der Waals surface area (Å²) in [6, 6.07) is 8.89. The summed E-state index contributed by atoms with van der Waals surface area (Å²) in [7, 11) is 0. The molecule has 0 unspecified atom stereocenters. The molecule has 0 bridgehead atoms. The first-order valence-electron chi connectivity index (χ1n) is 3.88. The molecule has 0 atom stereocenters. The predicted octanol–water partition coefficient (Wildman–Crippen LogP) is 3.05. The van der Waals surface area contributed by atoms with Crippen LogP contribution >= 0.6 is 12.6 Å². The van der Waals surface area contributed by atoms with Crippen molar-refractivity contribution in [3.05, 3.63) is 30.3 Å². The van der Waals surface area contributed by atoms with Crippen LogP contribution in [0.3, 0.4) is 0 Å². The molecule has 0 aliphatic rings. The summed E-state index contributed by atoms with van der Waals surface area (Å²) in [5.41, 5.74) is 6.41. The maximum Gasteiger partial charge on any atom is 0.124 e. The molecule has 0 aliphatic heterocycles. The summed E-state index contributed by atoms with van der Waals surface area (Å²) in [4.78, 5) is 0.711. The lowest BCUT2D eigenvalue weighted by molar-refractivity contribution is 0.480. The maximum atomic E-state index is 9.57. The second-order valence-corrected chi connectivity index (χ2v) is 3.42. The highest BCUT2D eigenvalue weighted by atomic mass is 32.1. The molecule has 2 nitrogen and oxygen atoms in total. The highest BCUT2D eigenvalue weighted by molar-refractivity contribution is 7.80. The van der Waals surface area contributed by atoms with Crippen LogP contribution in [0.15, 0.2) is 35.2 Å². The topological polar surface area (TPSA) is 46.2 Å². The number of aromatic hydroxyl groups is 1. The Morgan fingerprint density at radius 3 is 2.57 bits per heavy atom. The summed E-state index contributed by atoms with van der Waals surface area (Å²) in [5, 5.41) is 11.2. The molecule has 0 spiro atoms. The van der Waals surface area contributed by atoms with E-state index in [1.54, 1.807) is 12.1 Å². The van der Waals surface area contributed by atoms with Crippen molar-refractivity contribution in [1.29, 1.82) is 0 Å². The Morgan fingerprint density at radius 1 is 1.14 bits per heavy atom. The van der Waals surface area contributed by atoms with E-state index in [0.717, 1.165) is 10.8 Å². The van der Waals surface area contributed by atoms with E-state index in [1.807, 2.05) is 18.2 Å². The van der Waals surface area contributed by atoms with Crippen LogP contribution in [-0.2, 0) is 0 Å². The highest BCUT2D eigenvalue weighted by Gasteiger charge is 2.02. The quantitative estimate of drug-likeness (QED) is 0.459. The number of thiol groups is 1. The van der Waals surface area contributed by atoms with Crippen molar-refractivity contribution in [2.75, 3.05) is 5.73 Å². The maximum absolute atomic E-state index is 9.57. The molecule has 0 amide bonds. The van der Waals surface area contributed by atoms with Gasteiger partial charge in [-0.25, -0.2) is 0 Å². The molecule has 2 aromatic rings. The van der Waals surface area contributed by atoms with Crippen LogP contribution in [0.2, 0.25) is 0 Å². The number of fused-ring (bicyclic) bond motifs is 1. The molecule has 0 radical (unpaired) electrons. The Bertz CT molecular complexity index is 468. The van der Waals surface area contributed by atoms with Crippen LogP contribution in [-0.4, -0.2) is 5.11 Å². The van der Waals surface area contributed by atoms with Crippen molar-refractivity contribution in [1.82, 2.24) is 0 Å². The van der Waals surface area contributed by atoms with Gasteiger partial charge >= 0.3 is 0 Å². The molecule has 74 valence electrons. The minimum atomic E-state index is 0. The third-order valence-corrected chi connectivity index (χ3v) is 2.25. The van der Waals surface area contributed by atoms with Crippen molar-refractivity contribution in [2.45, 2.75) is 12.3 Å². The van der Waals surface area contributed by atoms with Crippen molar-refractivity contribution >= 4 is 29.1 Å². The average Bonchev–Trinajstić information content (AvgIpc) is 2.07. The third kappa shape index (κ3) is 1.63. The molecule has 0 saturated heterocycles. The number of phenols is 1. The van der Waals surface area contributed by atoms with Gasteiger partial charge in [0.15, 0.2) is 0 Å². The Balaban J connectivity index is 0.000000980. The first kappa shape index (κ1) is 10.7. The number of nitrogen functional groups attached to an aromatic ring is 1. The van der Waals surface area contributed by atoms with E-state index >= 15 is 0 Å². The number of nitrogens with two attached hydrogens (primary N) is 1. The van der Waals surface area contributed by atoms with E-state index in [1.165, 1.54) is 0 Å². The Kier molecular flexibility index (Phi) is 2.91. The van der Waals surface area contributed by atoms with Gasteiger partial charge in [0.2, 0.25) is 0 Å². The molecule has 0 heterocycles. The van der Waals surface area contributed by atoms with Gasteiger partial charge in [-0.3, -0.25) is 0 Å². The largest absolute Gasteiger partial charge is 0.507 e. The second-order valence-electron chi connectivity index (χ2n) is 2.91. The molecular weight excluding hydrogens is 194 g/mol. The zero-order valence-electron chi connectivity index (χ0n) is 6.86. The van der Waals surface area contributed by atoms with E-state index in [2.05, 4.69) is 12.6 Å². The van der Waals surface area contributed by atoms with Crippen molar-refractivity contribution in [3.63, 3.8) is 0 Å². The normalized spacial score (nSPS) is 9.79. The minimum Gasteiger partial charge on any atom is -0.507 e. The Hall–Kier alpha value is -1.35. The van der Waals surface area contributed by atoms with Gasteiger partial charge in [0.1, 0.15) is 5.75 Å². The molecule has 0 fully saturated rings. The van der Waals surface area contributed by atoms with E-state index < -0.39 is 0 Å². The zero-order chi connectivity index (χ0) is 9.42. The molecule has 14 heavy (non-hydrogen) atoms. The lowest BCUT2D eigenvalue weighted by Gasteiger charge is -2.04. The number of rotatable bonds is 0. The van der Waals surface area contributed by atoms with Gasteiger partial charge in [-0.1, -0.05) is 19.6 Å². The van der Waals surface area contributed by atoms with Crippen LogP contribution in [0.25, 0.3) is 10.8 Å². The first-order chi connectivity index (χ1) is 6.18. The van der Waals surface area contributed by atoms with Crippen molar-refractivity contribution < 1.29 is 5.11 Å². The summed E-state index contributed by atoms with van der Waals surface area (Å²) in [6.07, 6.45) is 0. The monoisotopic (exact) mass is 207 g/mol. The van der Waals surface area contributed by atoms with Crippen molar-refractivity contribution in [2.24, 2.45) is 0 Å². The number of phenolic OH excluding ortho intramolecular Hbond substituents is 1. The van der Waals surface area contributed by atoms with Gasteiger partial charge in [0, 0.05) is 21.4 Å². The van der Waals surface area contributed by atoms with Crippen LogP contribution in [0.1, 0.15) is 7.43 Å². The van der Waals surface area contributed by atoms with Gasteiger partial charge in [0.25, 0.3) is 0 Å². The number of hydrogen-bond acceptors (Lipinski definition) is 3. The van der Waals surface area contributed by atoms with Crippen LogP contribution in [0.4, 0.5) is 5.69 Å². The van der Waals surface area contributed by atoms with E-state index in [4.69, 9.17) is 5.73 Å². The molecule has 2 aromatic carbocycles. The molecule has 0 saturated carbocycles. The number of benzene rings is 2. The van der Waals surface area contributed by atoms with Gasteiger partial charge in [-0.15, -0.1) is 12.6 Å². The Morgan fingerprint density at radius 2 is 1.86 bits per heavy atom. The van der Waals surface area contributed by atoms with Crippen LogP contribution in [0, 0.1) is 0 Å². The number of anilines is 1. The fourth-order valence-corrected chi connectivity index (χ4v) is 1.63. The fraction of sp³-hybridized carbons (Fsp3) is 0.0909. The summed E-state index contributed by atoms with van der Waals surface area (Å²) in [6.45, 7) is 0. The molecular formula is C11H13NOS. The van der Waals surface area contributed by atoms with Gasteiger partial charge in [-0.2, -0.15) is 0 Å². The standard InChI is InChI=1S/C10H9NOS.CH4/c11-9-3-1-2-7-8(9)4-6(13)5-10(7)12;/h1-5,12-13H,11H2;1H4. The molecule has 2 rings (SSSR count). The summed E-state index contributed by atoms with van der Waals surface area (Å²) < 4.78 is 0. The average molecular weight is 207 g/mol. The van der Waals surface area contributed by atoms with Crippen LogP contribution in [0.5, 0.6) is 5.75 Å². The lowest BCUT2D eigenvalue weighted by Crippen LogP contribution is -1.86. The first-order valence-corrected chi connectivity index (χ1v) is 4.33. The fourth-order valence-electron chi connectivity index (χ4n) is 1.37. The van der Waals surface area contributed by atoms with Gasteiger partial charge < -0.3 is 10.8 Å². The van der Waals surface area contributed by atoms with Gasteiger partial charge in [0.05, 0.1) is 0 Å². The number of hydrogen-bond donors (Lipinski definition) is 3. The highest BCUT2D eigenvalue weighted by Crippen LogP contribution is 2.31. The summed E-state index contributed by atoms with van der Waals surface area (Å²) >= 11 is 4.16. The molecule has 3 N–H and O–H groups in total. The molecule has 3 heteroatoms. The summed E-state index contributed by atoms with van der Waals surface area (Å²) in [5.74, 6) is 0.217. The minimum absolute atomic E-state index is 0. The Labute approximate surface area is 88.8 Å². The van der Waals surface area contributed by atoms with Crippen molar-refractivity contribution in [3.8, 4) is 5.75 Å².